The van der Waals surface area contributed by atoms with Crippen LogP contribution in [-0.2, 0) is 6.54 Å². The fraction of sp³-hybridized carbons (Fsp3) is 0.500. The van der Waals surface area contributed by atoms with Crippen LogP contribution in [0.3, 0.4) is 0 Å². The Labute approximate surface area is 90.7 Å². The third kappa shape index (κ3) is 2.56. The van der Waals surface area contributed by atoms with E-state index in [0.29, 0.717) is 0 Å². The van der Waals surface area contributed by atoms with Crippen LogP contribution in [0.5, 0.6) is 0 Å². The minimum Gasteiger partial charge on any atom is -0.377 e. The van der Waals surface area contributed by atoms with Gasteiger partial charge in [0.2, 0.25) is 0 Å². The second-order valence-corrected chi connectivity index (χ2v) is 4.11. The molecule has 2 atom stereocenters. The molecule has 0 bridgehead atoms. The number of hydrogen-bond acceptors (Lipinski definition) is 3. The lowest BCUT2D eigenvalue weighted by Gasteiger charge is -2.37. The molecule has 2 rings (SSSR count). The molecular formula is C12H18N2O. The van der Waals surface area contributed by atoms with Crippen LogP contribution in [0.4, 0.5) is 0 Å². The van der Waals surface area contributed by atoms with E-state index in [-0.39, 0.29) is 12.3 Å². The molecule has 1 fully saturated rings. The summed E-state index contributed by atoms with van der Waals surface area (Å²) in [7, 11) is 0. The molecule has 1 aliphatic rings. The molecule has 0 spiro atoms. The predicted molar refractivity (Wildman–Crippen MR) is 60.3 cm³/mol. The van der Waals surface area contributed by atoms with Gasteiger partial charge >= 0.3 is 0 Å². The van der Waals surface area contributed by atoms with Crippen LogP contribution in [0, 0.1) is 0 Å². The summed E-state index contributed by atoms with van der Waals surface area (Å²) < 4.78 is 0. The zero-order valence-electron chi connectivity index (χ0n) is 9.06. The molecular weight excluding hydrogens is 188 g/mol. The van der Waals surface area contributed by atoms with Crippen LogP contribution in [-0.4, -0.2) is 35.4 Å². The summed E-state index contributed by atoms with van der Waals surface area (Å²) >= 11 is 0. The Morgan fingerprint density at radius 1 is 1.40 bits per heavy atom. The van der Waals surface area contributed by atoms with E-state index < -0.39 is 0 Å². The Kier molecular flexibility index (Phi) is 3.36. The number of aliphatic hydroxyl groups is 1. The smallest absolute Gasteiger partial charge is 0.122 e. The van der Waals surface area contributed by atoms with E-state index in [1.807, 2.05) is 25.1 Å². The maximum absolute atomic E-state index is 9.96. The number of rotatable bonds is 2. The van der Waals surface area contributed by atoms with Crippen LogP contribution in [0.2, 0.25) is 0 Å². The third-order valence-corrected chi connectivity index (χ3v) is 2.92. The normalized spacial score (nSPS) is 27.9. The predicted octanol–water partition coefficient (Wildman–Crippen LogP) is 0.799. The van der Waals surface area contributed by atoms with Gasteiger partial charge in [-0.1, -0.05) is 30.3 Å². The standard InChI is InChI=1S/C12H18N2O/c1-10-12(15)14(8-7-13-10)9-11-5-3-2-4-6-11/h2-6,10,12-13,15H,7-9H2,1H3. The summed E-state index contributed by atoms with van der Waals surface area (Å²) in [4.78, 5) is 2.11. The monoisotopic (exact) mass is 206 g/mol. The molecule has 0 radical (unpaired) electrons. The molecule has 3 nitrogen and oxygen atoms in total. The van der Waals surface area contributed by atoms with E-state index in [0.717, 1.165) is 19.6 Å². The van der Waals surface area contributed by atoms with Gasteiger partial charge in [0.15, 0.2) is 0 Å². The lowest BCUT2D eigenvalue weighted by molar-refractivity contribution is -0.0448. The topological polar surface area (TPSA) is 35.5 Å². The lowest BCUT2D eigenvalue weighted by Crippen LogP contribution is -2.56. The molecule has 1 saturated heterocycles. The van der Waals surface area contributed by atoms with Crippen molar-refractivity contribution in [3.8, 4) is 0 Å². The average molecular weight is 206 g/mol. The van der Waals surface area contributed by atoms with Crippen molar-refractivity contribution in [2.24, 2.45) is 0 Å². The number of hydrogen-bond donors (Lipinski definition) is 2. The summed E-state index contributed by atoms with van der Waals surface area (Å²) in [5, 5.41) is 13.2. The van der Waals surface area contributed by atoms with Crippen LogP contribution in [0.15, 0.2) is 30.3 Å². The number of piperazine rings is 1. The molecule has 1 heterocycles. The molecule has 2 N–H and O–H groups in total. The SMILES string of the molecule is CC1NCCN(Cc2ccccc2)C1O. The van der Waals surface area contributed by atoms with Gasteiger partial charge in [0.25, 0.3) is 0 Å². The highest BCUT2D eigenvalue weighted by Gasteiger charge is 2.25. The summed E-state index contributed by atoms with van der Waals surface area (Å²) in [6.45, 7) is 4.70. The first-order valence-electron chi connectivity index (χ1n) is 5.47. The minimum atomic E-state index is -0.376. The van der Waals surface area contributed by atoms with Crippen molar-refractivity contribution < 1.29 is 5.11 Å². The van der Waals surface area contributed by atoms with Gasteiger partial charge in [-0.2, -0.15) is 0 Å². The van der Waals surface area contributed by atoms with Crippen molar-refractivity contribution in [1.82, 2.24) is 10.2 Å². The minimum absolute atomic E-state index is 0.155. The van der Waals surface area contributed by atoms with Gasteiger partial charge in [0, 0.05) is 25.7 Å². The van der Waals surface area contributed by atoms with Gasteiger partial charge < -0.3 is 10.4 Å². The summed E-state index contributed by atoms with van der Waals surface area (Å²) in [6.07, 6.45) is -0.376. The molecule has 1 aromatic rings. The molecule has 0 saturated carbocycles. The Bertz CT molecular complexity index is 302. The molecule has 3 heteroatoms. The first-order valence-corrected chi connectivity index (χ1v) is 5.47. The second-order valence-electron chi connectivity index (χ2n) is 4.11. The van der Waals surface area contributed by atoms with Gasteiger partial charge in [-0.05, 0) is 12.5 Å². The zero-order chi connectivity index (χ0) is 10.7. The number of nitrogens with zero attached hydrogens (tertiary/aromatic N) is 1. The van der Waals surface area contributed by atoms with Crippen LogP contribution in [0.1, 0.15) is 12.5 Å². The fourth-order valence-corrected chi connectivity index (χ4v) is 1.98. The highest BCUT2D eigenvalue weighted by atomic mass is 16.3. The molecule has 0 aromatic heterocycles. The highest BCUT2D eigenvalue weighted by Crippen LogP contribution is 2.11. The summed E-state index contributed by atoms with van der Waals surface area (Å²) in [5.41, 5.74) is 1.26. The van der Waals surface area contributed by atoms with Gasteiger partial charge in [-0.15, -0.1) is 0 Å². The maximum Gasteiger partial charge on any atom is 0.122 e. The van der Waals surface area contributed by atoms with E-state index in [1.165, 1.54) is 5.56 Å². The number of aliphatic hydroxyl groups excluding tert-OH is 1. The Balaban J connectivity index is 1.99. The van der Waals surface area contributed by atoms with Crippen molar-refractivity contribution in [3.05, 3.63) is 35.9 Å². The van der Waals surface area contributed by atoms with Gasteiger partial charge in [-0.3, -0.25) is 4.90 Å². The average Bonchev–Trinajstić information content (AvgIpc) is 2.26. The van der Waals surface area contributed by atoms with Crippen LogP contribution in [0.25, 0.3) is 0 Å². The molecule has 82 valence electrons. The first-order chi connectivity index (χ1) is 7.27. The highest BCUT2D eigenvalue weighted by molar-refractivity contribution is 5.14. The van der Waals surface area contributed by atoms with Crippen molar-refractivity contribution in [2.45, 2.75) is 25.7 Å². The van der Waals surface area contributed by atoms with Crippen molar-refractivity contribution in [1.29, 1.82) is 0 Å². The first kappa shape index (κ1) is 10.6. The van der Waals surface area contributed by atoms with Gasteiger partial charge in [0.1, 0.15) is 6.23 Å². The Morgan fingerprint density at radius 2 is 2.13 bits per heavy atom. The second kappa shape index (κ2) is 4.75. The van der Waals surface area contributed by atoms with Crippen molar-refractivity contribution >= 4 is 0 Å². The Morgan fingerprint density at radius 3 is 2.87 bits per heavy atom. The summed E-state index contributed by atoms with van der Waals surface area (Å²) in [6, 6.07) is 10.4. The largest absolute Gasteiger partial charge is 0.377 e. The van der Waals surface area contributed by atoms with Crippen LogP contribution >= 0.6 is 0 Å². The number of nitrogens with one attached hydrogen (secondary N) is 1. The summed E-state index contributed by atoms with van der Waals surface area (Å²) in [5.74, 6) is 0. The molecule has 15 heavy (non-hydrogen) atoms. The maximum atomic E-state index is 9.96. The molecule has 1 aliphatic heterocycles. The van der Waals surface area contributed by atoms with Gasteiger partial charge in [0.05, 0.1) is 0 Å². The fourth-order valence-electron chi connectivity index (χ4n) is 1.98. The lowest BCUT2D eigenvalue weighted by atomic mass is 10.1. The van der Waals surface area contributed by atoms with E-state index in [4.69, 9.17) is 0 Å². The third-order valence-electron chi connectivity index (χ3n) is 2.92. The number of benzene rings is 1. The van der Waals surface area contributed by atoms with E-state index in [2.05, 4.69) is 22.3 Å². The van der Waals surface area contributed by atoms with E-state index >= 15 is 0 Å². The van der Waals surface area contributed by atoms with Crippen LogP contribution < -0.4 is 5.32 Å². The molecule has 1 aromatic carbocycles. The van der Waals surface area contributed by atoms with Gasteiger partial charge in [-0.25, -0.2) is 0 Å². The zero-order valence-corrected chi connectivity index (χ0v) is 9.06. The van der Waals surface area contributed by atoms with Crippen molar-refractivity contribution in [3.63, 3.8) is 0 Å². The van der Waals surface area contributed by atoms with E-state index in [1.54, 1.807) is 0 Å². The van der Waals surface area contributed by atoms with Crippen molar-refractivity contribution in [2.75, 3.05) is 13.1 Å². The quantitative estimate of drug-likeness (QED) is 0.751. The molecule has 0 aliphatic carbocycles. The van der Waals surface area contributed by atoms with E-state index in [9.17, 15) is 5.11 Å². The Hall–Kier alpha value is -0.900. The molecule has 0 amide bonds. The molecule has 2 unspecified atom stereocenters.